The lowest BCUT2D eigenvalue weighted by atomic mass is 10.3. The summed E-state index contributed by atoms with van der Waals surface area (Å²) >= 11 is 0. The second kappa shape index (κ2) is 6.16. The highest BCUT2D eigenvalue weighted by Gasteiger charge is 2.19. The van der Waals surface area contributed by atoms with Gasteiger partial charge in [-0.1, -0.05) is 0 Å². The third kappa shape index (κ3) is 4.03. The Balaban J connectivity index is 2.60. The van der Waals surface area contributed by atoms with E-state index in [1.54, 1.807) is 18.8 Å². The average molecular weight is 288 g/mol. The van der Waals surface area contributed by atoms with Gasteiger partial charge in [-0.15, -0.1) is 0 Å². The summed E-state index contributed by atoms with van der Waals surface area (Å²) in [5.74, 6) is 0.0493. The third-order valence-electron chi connectivity index (χ3n) is 2.66. The smallest absolute Gasteiger partial charge is 0.245 e. The van der Waals surface area contributed by atoms with E-state index in [2.05, 4.69) is 5.10 Å². The highest BCUT2D eigenvalue weighted by Crippen LogP contribution is 2.11. The Labute approximate surface area is 113 Å². The van der Waals surface area contributed by atoms with Gasteiger partial charge in [-0.25, -0.2) is 12.7 Å². The van der Waals surface area contributed by atoms with Crippen LogP contribution in [0.2, 0.25) is 0 Å². The minimum Gasteiger partial charge on any atom is -0.349 e. The van der Waals surface area contributed by atoms with Crippen LogP contribution < -0.4 is 0 Å². The molecule has 0 radical (unpaired) electrons. The molecule has 1 heterocycles. The number of aromatic nitrogens is 2. The zero-order chi connectivity index (χ0) is 14.6. The number of rotatable bonds is 6. The number of carbonyl (C=O) groups is 1. The molecule has 19 heavy (non-hydrogen) atoms. The molecule has 0 bridgehead atoms. The SMILES string of the molecule is CN(C)C(=O)CCCn1cc(S(=O)(=O)N(C)C)cn1. The maximum atomic E-state index is 11.8. The number of aryl methyl sites for hydroxylation is 1. The number of nitrogens with zero attached hydrogens (tertiary/aromatic N) is 4. The fraction of sp³-hybridized carbons (Fsp3) is 0.636. The van der Waals surface area contributed by atoms with Crippen molar-refractivity contribution < 1.29 is 13.2 Å². The normalized spacial score (nSPS) is 11.8. The van der Waals surface area contributed by atoms with Gasteiger partial charge in [0.15, 0.2) is 0 Å². The van der Waals surface area contributed by atoms with E-state index in [1.165, 1.54) is 31.4 Å². The Morgan fingerprint density at radius 1 is 1.32 bits per heavy atom. The molecule has 0 N–H and O–H groups in total. The molecule has 0 aliphatic rings. The Kier molecular flexibility index (Phi) is 5.07. The van der Waals surface area contributed by atoms with Gasteiger partial charge in [0.25, 0.3) is 0 Å². The number of hydrogen-bond acceptors (Lipinski definition) is 4. The van der Waals surface area contributed by atoms with Gasteiger partial charge in [0.05, 0.1) is 6.20 Å². The van der Waals surface area contributed by atoms with E-state index >= 15 is 0 Å². The van der Waals surface area contributed by atoms with Crippen molar-refractivity contribution in [2.75, 3.05) is 28.2 Å². The molecule has 0 aliphatic heterocycles. The van der Waals surface area contributed by atoms with E-state index in [9.17, 15) is 13.2 Å². The number of carbonyl (C=O) groups excluding carboxylic acids is 1. The highest BCUT2D eigenvalue weighted by atomic mass is 32.2. The third-order valence-corrected chi connectivity index (χ3v) is 4.43. The molecule has 0 spiro atoms. The van der Waals surface area contributed by atoms with Gasteiger partial charge in [-0.2, -0.15) is 5.10 Å². The first kappa shape index (κ1) is 15.6. The van der Waals surface area contributed by atoms with Crippen molar-refractivity contribution >= 4 is 15.9 Å². The summed E-state index contributed by atoms with van der Waals surface area (Å²) in [5.41, 5.74) is 0. The van der Waals surface area contributed by atoms with E-state index in [4.69, 9.17) is 0 Å². The zero-order valence-corrected chi connectivity index (χ0v) is 12.5. The van der Waals surface area contributed by atoms with Gasteiger partial charge in [-0.05, 0) is 6.42 Å². The standard InChI is InChI=1S/C11H20N4O3S/c1-13(2)11(16)6-5-7-15-9-10(8-12-15)19(17,18)14(3)4/h8-9H,5-7H2,1-4H3. The maximum absolute atomic E-state index is 11.8. The first-order valence-electron chi connectivity index (χ1n) is 5.90. The molecule has 0 aliphatic carbocycles. The predicted molar refractivity (Wildman–Crippen MR) is 71.0 cm³/mol. The van der Waals surface area contributed by atoms with Gasteiger partial charge >= 0.3 is 0 Å². The van der Waals surface area contributed by atoms with Gasteiger partial charge in [0.1, 0.15) is 4.90 Å². The van der Waals surface area contributed by atoms with E-state index in [1.807, 2.05) is 0 Å². The van der Waals surface area contributed by atoms with Crippen LogP contribution >= 0.6 is 0 Å². The summed E-state index contributed by atoms with van der Waals surface area (Å²) in [5, 5.41) is 3.99. The average Bonchev–Trinajstić information content (AvgIpc) is 2.77. The fourth-order valence-corrected chi connectivity index (χ4v) is 2.28. The monoisotopic (exact) mass is 288 g/mol. The molecule has 8 heteroatoms. The van der Waals surface area contributed by atoms with Crippen molar-refractivity contribution in [3.05, 3.63) is 12.4 Å². The topological polar surface area (TPSA) is 75.5 Å². The van der Waals surface area contributed by atoms with Crippen LogP contribution in [0.1, 0.15) is 12.8 Å². The van der Waals surface area contributed by atoms with Crippen LogP contribution in [-0.2, 0) is 21.4 Å². The molecule has 7 nitrogen and oxygen atoms in total. The molecule has 1 amide bonds. The number of amides is 1. The van der Waals surface area contributed by atoms with E-state index in [-0.39, 0.29) is 10.8 Å². The molecule has 0 saturated heterocycles. The molecule has 1 rings (SSSR count). The maximum Gasteiger partial charge on any atom is 0.245 e. The van der Waals surface area contributed by atoms with Crippen LogP contribution in [0.15, 0.2) is 17.3 Å². The Hall–Kier alpha value is -1.41. The molecular weight excluding hydrogens is 268 g/mol. The van der Waals surface area contributed by atoms with E-state index in [0.29, 0.717) is 19.4 Å². The van der Waals surface area contributed by atoms with Crippen molar-refractivity contribution in [1.29, 1.82) is 0 Å². The minimum atomic E-state index is -3.44. The number of hydrogen-bond donors (Lipinski definition) is 0. The first-order chi connectivity index (χ1) is 8.75. The van der Waals surface area contributed by atoms with Gasteiger partial charge < -0.3 is 4.90 Å². The molecule has 0 fully saturated rings. The summed E-state index contributed by atoms with van der Waals surface area (Å²) < 4.78 is 26.3. The molecule has 0 aromatic carbocycles. The highest BCUT2D eigenvalue weighted by molar-refractivity contribution is 7.89. The summed E-state index contributed by atoms with van der Waals surface area (Å²) in [4.78, 5) is 13.1. The van der Waals surface area contributed by atoms with Crippen molar-refractivity contribution in [3.8, 4) is 0 Å². The Morgan fingerprint density at radius 2 is 1.95 bits per heavy atom. The molecule has 1 aromatic rings. The van der Waals surface area contributed by atoms with Gasteiger partial charge in [0, 0.05) is 47.4 Å². The molecular formula is C11H20N4O3S. The van der Waals surface area contributed by atoms with Crippen molar-refractivity contribution in [3.63, 3.8) is 0 Å². The summed E-state index contributed by atoms with van der Waals surface area (Å²) in [6.45, 7) is 0.516. The Bertz CT molecular complexity index is 534. The summed E-state index contributed by atoms with van der Waals surface area (Å²) in [6.07, 6.45) is 3.85. The molecule has 0 saturated carbocycles. The minimum absolute atomic E-state index is 0.0493. The van der Waals surface area contributed by atoms with Gasteiger partial charge in [-0.3, -0.25) is 9.48 Å². The van der Waals surface area contributed by atoms with Crippen molar-refractivity contribution in [2.24, 2.45) is 0 Å². The zero-order valence-electron chi connectivity index (χ0n) is 11.7. The molecule has 0 unspecified atom stereocenters. The van der Waals surface area contributed by atoms with Crippen LogP contribution in [0.4, 0.5) is 0 Å². The van der Waals surface area contributed by atoms with E-state index in [0.717, 1.165) is 4.31 Å². The van der Waals surface area contributed by atoms with E-state index < -0.39 is 10.0 Å². The van der Waals surface area contributed by atoms with Crippen LogP contribution in [-0.4, -0.2) is 61.5 Å². The first-order valence-corrected chi connectivity index (χ1v) is 7.34. The van der Waals surface area contributed by atoms with Crippen molar-refractivity contribution in [1.82, 2.24) is 19.0 Å². The van der Waals surface area contributed by atoms with Crippen molar-refractivity contribution in [2.45, 2.75) is 24.3 Å². The Morgan fingerprint density at radius 3 is 2.47 bits per heavy atom. The lowest BCUT2D eigenvalue weighted by Crippen LogP contribution is -2.22. The number of sulfonamides is 1. The van der Waals surface area contributed by atoms with Crippen LogP contribution in [0, 0.1) is 0 Å². The molecule has 108 valence electrons. The molecule has 1 aromatic heterocycles. The predicted octanol–water partition coefficient (Wildman–Crippen LogP) is 0.00180. The quantitative estimate of drug-likeness (QED) is 0.738. The summed E-state index contributed by atoms with van der Waals surface area (Å²) in [6, 6.07) is 0. The molecule has 0 atom stereocenters. The van der Waals surface area contributed by atoms with Gasteiger partial charge in [0.2, 0.25) is 15.9 Å². The summed E-state index contributed by atoms with van der Waals surface area (Å²) in [7, 11) is 2.93. The van der Waals surface area contributed by atoms with Crippen LogP contribution in [0.3, 0.4) is 0 Å². The lowest BCUT2D eigenvalue weighted by Gasteiger charge is -2.09. The van der Waals surface area contributed by atoms with Crippen LogP contribution in [0.25, 0.3) is 0 Å². The fourth-order valence-electron chi connectivity index (χ4n) is 1.43. The second-order valence-corrected chi connectivity index (χ2v) is 6.77. The largest absolute Gasteiger partial charge is 0.349 e. The van der Waals surface area contributed by atoms with Crippen LogP contribution in [0.5, 0.6) is 0 Å². The second-order valence-electron chi connectivity index (χ2n) is 4.62. The lowest BCUT2D eigenvalue weighted by molar-refractivity contribution is -0.128.